The van der Waals surface area contributed by atoms with Gasteiger partial charge in [0.25, 0.3) is 0 Å². The van der Waals surface area contributed by atoms with E-state index in [4.69, 9.17) is 0 Å². The van der Waals surface area contributed by atoms with Crippen molar-refractivity contribution >= 4 is 11.6 Å². The molecule has 1 aromatic carbocycles. The molecule has 1 heterocycles. The quantitative estimate of drug-likeness (QED) is 0.793. The fraction of sp³-hybridized carbons (Fsp3) is 0.286. The van der Waals surface area contributed by atoms with Gasteiger partial charge >= 0.3 is 23.9 Å². The molecule has 26 heavy (non-hydrogen) atoms. The van der Waals surface area contributed by atoms with Gasteiger partial charge in [0, 0.05) is 11.8 Å². The van der Waals surface area contributed by atoms with Crippen LogP contribution < -0.4 is 5.32 Å². The molecule has 12 heteroatoms. The molecule has 0 aliphatic carbocycles. The summed E-state index contributed by atoms with van der Waals surface area (Å²) in [7, 11) is 0. The molecule has 142 valence electrons. The fourth-order valence-electron chi connectivity index (χ4n) is 1.85. The Kier molecular flexibility index (Phi) is 4.97. The van der Waals surface area contributed by atoms with Gasteiger partial charge in [-0.15, -0.1) is 0 Å². The lowest BCUT2D eigenvalue weighted by Gasteiger charge is -2.26. The van der Waals surface area contributed by atoms with Gasteiger partial charge in [0.15, 0.2) is 0 Å². The third-order valence-electron chi connectivity index (χ3n) is 3.22. The molecular weight excluding hydrogens is 378 g/mol. The third-order valence-corrected chi connectivity index (χ3v) is 3.22. The minimum Gasteiger partial charge on any atom is -0.318 e. The van der Waals surface area contributed by atoms with Crippen molar-refractivity contribution in [2.24, 2.45) is 0 Å². The summed E-state index contributed by atoms with van der Waals surface area (Å²) in [6.45, 7) is -0.197. The summed E-state index contributed by atoms with van der Waals surface area (Å²) >= 11 is 0. The number of alkyl halides is 7. The van der Waals surface area contributed by atoms with E-state index in [-0.39, 0.29) is 12.1 Å². The monoisotopic (exact) mass is 387 g/mol. The highest BCUT2D eigenvalue weighted by Gasteiger charge is 2.76. The van der Waals surface area contributed by atoms with Gasteiger partial charge in [-0.1, -0.05) is 18.2 Å². The summed E-state index contributed by atoms with van der Waals surface area (Å²) in [6.07, 6.45) is -5.02. The zero-order valence-electron chi connectivity index (χ0n) is 12.5. The Bertz CT molecular complexity index is 799. The lowest BCUT2D eigenvalue weighted by molar-refractivity contribution is -0.343. The number of amides is 1. The first kappa shape index (κ1) is 19.7. The van der Waals surface area contributed by atoms with Crippen molar-refractivity contribution < 1.29 is 39.9 Å². The van der Waals surface area contributed by atoms with Crippen LogP contribution in [0.15, 0.2) is 36.7 Å². The second-order valence-corrected chi connectivity index (χ2v) is 5.12. The predicted octanol–water partition coefficient (Wildman–Crippen LogP) is 3.84. The summed E-state index contributed by atoms with van der Waals surface area (Å²) < 4.78 is 103. The highest BCUT2D eigenvalue weighted by Crippen LogP contribution is 2.46. The molecule has 0 unspecified atom stereocenters. The smallest absolute Gasteiger partial charge is 0.318 e. The normalized spacial score (nSPS) is 12.9. The van der Waals surface area contributed by atoms with E-state index in [9.17, 15) is 39.9 Å². The van der Waals surface area contributed by atoms with Crippen LogP contribution in [0.5, 0.6) is 0 Å². The Hall–Kier alpha value is -2.66. The minimum atomic E-state index is -6.62. The average Bonchev–Trinajstić information content (AvgIpc) is 2.95. The summed E-state index contributed by atoms with van der Waals surface area (Å²) in [5.74, 6) is -16.1. The van der Waals surface area contributed by atoms with Crippen molar-refractivity contribution in [1.29, 1.82) is 0 Å². The second-order valence-electron chi connectivity index (χ2n) is 5.12. The van der Waals surface area contributed by atoms with Crippen LogP contribution in [0.3, 0.4) is 0 Å². The van der Waals surface area contributed by atoms with E-state index in [1.165, 1.54) is 23.5 Å². The number of rotatable bonds is 5. The number of carbonyl (C=O) groups excluding carboxylic acids is 1. The maximum absolute atomic E-state index is 13.5. The predicted molar refractivity (Wildman–Crippen MR) is 72.3 cm³/mol. The Morgan fingerprint density at radius 3 is 2.27 bits per heavy atom. The molecule has 4 nitrogen and oxygen atoms in total. The summed E-state index contributed by atoms with van der Waals surface area (Å²) in [5, 5.41) is 4.81. The van der Waals surface area contributed by atoms with Crippen LogP contribution in [-0.2, 0) is 11.3 Å². The lowest BCUT2D eigenvalue weighted by atomic mass is 10.1. The van der Waals surface area contributed by atoms with Crippen LogP contribution >= 0.6 is 0 Å². The molecule has 0 spiro atoms. The molecular formula is C14H9F8N3O. The number of nitrogens with one attached hydrogen (secondary N) is 1. The molecule has 0 atom stereocenters. The first-order chi connectivity index (χ1) is 11.9. The topological polar surface area (TPSA) is 46.9 Å². The molecule has 0 saturated heterocycles. The molecule has 1 aromatic heterocycles. The van der Waals surface area contributed by atoms with E-state index in [2.05, 4.69) is 5.10 Å². The Labute approximate surface area is 140 Å². The number of aromatic nitrogens is 2. The van der Waals surface area contributed by atoms with Crippen LogP contribution in [0.25, 0.3) is 0 Å². The molecule has 1 N–H and O–H groups in total. The number of halogens is 8. The number of hydrogen-bond acceptors (Lipinski definition) is 2. The molecule has 1 amide bonds. The van der Waals surface area contributed by atoms with Crippen molar-refractivity contribution in [2.45, 2.75) is 24.6 Å². The van der Waals surface area contributed by atoms with Crippen LogP contribution in [0.2, 0.25) is 0 Å². The largest absolute Gasteiger partial charge is 0.460 e. The zero-order valence-corrected chi connectivity index (χ0v) is 12.5. The van der Waals surface area contributed by atoms with E-state index in [1.54, 1.807) is 0 Å². The van der Waals surface area contributed by atoms with Gasteiger partial charge in [0.2, 0.25) is 0 Å². The van der Waals surface area contributed by atoms with Crippen LogP contribution in [0.4, 0.5) is 40.8 Å². The van der Waals surface area contributed by atoms with Gasteiger partial charge in [0.05, 0.1) is 18.4 Å². The molecule has 0 saturated carbocycles. The molecule has 0 radical (unpaired) electrons. The van der Waals surface area contributed by atoms with E-state index in [1.807, 2.05) is 0 Å². The van der Waals surface area contributed by atoms with Gasteiger partial charge in [-0.2, -0.15) is 35.8 Å². The van der Waals surface area contributed by atoms with E-state index < -0.39 is 35.4 Å². The third kappa shape index (κ3) is 3.63. The molecule has 0 aliphatic heterocycles. The number of anilines is 1. The maximum atomic E-state index is 13.5. The van der Waals surface area contributed by atoms with Crippen molar-refractivity contribution in [1.82, 2.24) is 9.78 Å². The van der Waals surface area contributed by atoms with Gasteiger partial charge in [-0.05, 0) is 6.07 Å². The van der Waals surface area contributed by atoms with Crippen LogP contribution in [-0.4, -0.2) is 33.7 Å². The first-order valence-electron chi connectivity index (χ1n) is 6.76. The Morgan fingerprint density at radius 1 is 1.08 bits per heavy atom. The molecule has 0 aliphatic rings. The maximum Gasteiger partial charge on any atom is 0.460 e. The van der Waals surface area contributed by atoms with Gasteiger partial charge in [0.1, 0.15) is 5.82 Å². The van der Waals surface area contributed by atoms with Crippen LogP contribution in [0.1, 0.15) is 5.56 Å². The molecule has 0 fully saturated rings. The Morgan fingerprint density at radius 2 is 1.69 bits per heavy atom. The average molecular weight is 387 g/mol. The van der Waals surface area contributed by atoms with Crippen molar-refractivity contribution in [3.05, 3.63) is 48.0 Å². The summed E-state index contributed by atoms with van der Waals surface area (Å²) in [6, 6.07) is 5.44. The Balaban J connectivity index is 2.13. The van der Waals surface area contributed by atoms with Crippen molar-refractivity contribution in [3.63, 3.8) is 0 Å². The van der Waals surface area contributed by atoms with Gasteiger partial charge in [-0.3, -0.25) is 9.48 Å². The van der Waals surface area contributed by atoms with Gasteiger partial charge in [-0.25, -0.2) is 4.39 Å². The lowest BCUT2D eigenvalue weighted by Crippen LogP contribution is -2.57. The number of benzene rings is 1. The highest BCUT2D eigenvalue weighted by molar-refractivity contribution is 5.96. The van der Waals surface area contributed by atoms with E-state index in [0.29, 0.717) is 0 Å². The highest BCUT2D eigenvalue weighted by atomic mass is 19.4. The van der Waals surface area contributed by atoms with Gasteiger partial charge < -0.3 is 5.32 Å². The molecule has 2 rings (SSSR count). The SMILES string of the molecule is O=C(Nc1cnn(Cc2ccccc2F)c1)C(F)(F)C(F)(F)C(F)(F)F. The molecule has 2 aromatic rings. The fourth-order valence-corrected chi connectivity index (χ4v) is 1.85. The van der Waals surface area contributed by atoms with E-state index in [0.717, 1.165) is 23.1 Å². The number of hydrogen-bond donors (Lipinski definition) is 1. The zero-order chi connectivity index (χ0) is 19.8. The standard InChI is InChI=1S/C14H9F8N3O/c15-10-4-2-1-3-8(10)6-25-7-9(5-23-25)24-11(26)12(16,17)13(18,19)14(20,21)22/h1-5,7H,6H2,(H,24,26). The first-order valence-corrected chi connectivity index (χ1v) is 6.76. The summed E-state index contributed by atoms with van der Waals surface area (Å²) in [5.41, 5.74) is -0.425. The minimum absolute atomic E-state index is 0.141. The number of carbonyl (C=O) groups is 1. The summed E-state index contributed by atoms with van der Waals surface area (Å²) in [4.78, 5) is 11.2. The van der Waals surface area contributed by atoms with Crippen molar-refractivity contribution in [3.8, 4) is 0 Å². The van der Waals surface area contributed by atoms with E-state index >= 15 is 0 Å². The molecule has 0 bridgehead atoms. The van der Waals surface area contributed by atoms with Crippen molar-refractivity contribution in [2.75, 3.05) is 5.32 Å². The second kappa shape index (κ2) is 6.57. The van der Waals surface area contributed by atoms with Crippen LogP contribution in [0, 0.1) is 5.82 Å². The number of nitrogens with zero attached hydrogens (tertiary/aromatic N) is 2.